The summed E-state index contributed by atoms with van der Waals surface area (Å²) in [5.74, 6) is -6.66. The van der Waals surface area contributed by atoms with Gasteiger partial charge in [0, 0.05) is 20.4 Å². The lowest BCUT2D eigenvalue weighted by molar-refractivity contribution is -0.150. The molecule has 424 valence electrons. The van der Waals surface area contributed by atoms with Gasteiger partial charge in [-0.15, -0.1) is 0 Å². The average Bonchev–Trinajstić information content (AvgIpc) is 3.39. The molecule has 0 unspecified atom stereocenters. The number of hydrogen-bond acceptors (Lipinski definition) is 18. The molecule has 8 amide bonds. The van der Waals surface area contributed by atoms with Crippen LogP contribution in [0.2, 0.25) is 0 Å². The van der Waals surface area contributed by atoms with Crippen molar-refractivity contribution in [3.63, 3.8) is 0 Å². The van der Waals surface area contributed by atoms with E-state index in [1.165, 1.54) is 55.1 Å². The van der Waals surface area contributed by atoms with Gasteiger partial charge in [-0.2, -0.15) is 5.10 Å². The van der Waals surface area contributed by atoms with Crippen molar-refractivity contribution in [1.82, 2.24) is 42.2 Å². The number of methoxy groups -OCH3 is 2. The molecule has 0 fully saturated rings. The van der Waals surface area contributed by atoms with E-state index in [9.17, 15) is 48.3 Å². The number of esters is 1. The maximum absolute atomic E-state index is 14.7. The van der Waals surface area contributed by atoms with E-state index in [1.54, 1.807) is 81.4 Å². The first kappa shape index (κ1) is 63.8. The highest BCUT2D eigenvalue weighted by atomic mass is 16.7. The van der Waals surface area contributed by atoms with Crippen molar-refractivity contribution in [2.75, 3.05) is 47.6 Å². The van der Waals surface area contributed by atoms with E-state index in [0.717, 1.165) is 5.01 Å². The van der Waals surface area contributed by atoms with Crippen molar-refractivity contribution in [1.29, 1.82) is 0 Å². The number of alkyl carbamates (subject to hydrolysis) is 2. The van der Waals surface area contributed by atoms with E-state index in [0.29, 0.717) is 16.7 Å². The molecule has 26 heteroatoms. The fourth-order valence-electron chi connectivity index (χ4n) is 6.94. The molecule has 77 heavy (non-hydrogen) atoms. The molecule has 0 bridgehead atoms. The minimum absolute atomic E-state index is 0.0307. The Bertz CT molecular complexity index is 2370. The van der Waals surface area contributed by atoms with Crippen molar-refractivity contribution in [3.05, 3.63) is 83.1 Å². The molecular formula is C51H73N9O17. The second kappa shape index (κ2) is 31.5. The Morgan fingerprint density at radius 3 is 1.82 bits per heavy atom. The van der Waals surface area contributed by atoms with Crippen molar-refractivity contribution < 1.29 is 81.4 Å². The van der Waals surface area contributed by atoms with Gasteiger partial charge in [0.15, 0.2) is 11.6 Å². The molecule has 1 aliphatic rings. The number of aliphatic hydroxyl groups is 1. The fraction of sp³-hybridized carbons (Fsp3) is 0.529. The van der Waals surface area contributed by atoms with Gasteiger partial charge in [0.05, 0.1) is 25.9 Å². The van der Waals surface area contributed by atoms with E-state index in [2.05, 4.69) is 42.3 Å². The zero-order chi connectivity index (χ0) is 57.3. The van der Waals surface area contributed by atoms with Crippen molar-refractivity contribution in [3.8, 4) is 0 Å². The minimum atomic E-state index is -2.07. The van der Waals surface area contributed by atoms with Gasteiger partial charge in [0.1, 0.15) is 62.3 Å². The first-order valence-corrected chi connectivity index (χ1v) is 24.4. The van der Waals surface area contributed by atoms with Crippen LogP contribution in [-0.2, 0) is 79.9 Å². The molecule has 1 aliphatic heterocycles. The molecule has 6 atom stereocenters. The zero-order valence-corrected chi connectivity index (χ0v) is 45.1. The third-order valence-electron chi connectivity index (χ3n) is 11.0. The van der Waals surface area contributed by atoms with Gasteiger partial charge in [-0.3, -0.25) is 28.8 Å². The van der Waals surface area contributed by atoms with Crippen LogP contribution >= 0.6 is 0 Å². The van der Waals surface area contributed by atoms with Crippen LogP contribution in [0.4, 0.5) is 9.59 Å². The van der Waals surface area contributed by atoms with E-state index < -0.39 is 121 Å². The summed E-state index contributed by atoms with van der Waals surface area (Å²) in [5, 5.41) is 32.3. The number of carbonyl (C=O) groups is 9. The number of aliphatic hydroxyl groups excluding tert-OH is 1. The molecule has 0 saturated carbocycles. The van der Waals surface area contributed by atoms with Crippen LogP contribution < -0.4 is 37.2 Å². The number of benzene rings is 2. The summed E-state index contributed by atoms with van der Waals surface area (Å²) in [6.07, 6.45) is -0.532. The smallest absolute Gasteiger partial charge is 0.408 e. The molecule has 2 aromatic carbocycles. The van der Waals surface area contributed by atoms with Gasteiger partial charge in [-0.1, -0.05) is 60.7 Å². The van der Waals surface area contributed by atoms with Crippen LogP contribution in [0.1, 0.15) is 79.4 Å². The highest BCUT2D eigenvalue weighted by Crippen LogP contribution is 2.18. The average molecular weight is 1080 g/mol. The number of nitrogens with zero attached hydrogens (tertiary/aromatic N) is 2. The first-order valence-electron chi connectivity index (χ1n) is 24.4. The van der Waals surface area contributed by atoms with E-state index >= 15 is 0 Å². The lowest BCUT2D eigenvalue weighted by Crippen LogP contribution is -2.67. The molecule has 0 spiro atoms. The normalized spacial score (nSPS) is 15.2. The molecule has 0 saturated heterocycles. The number of nitrogens with one attached hydrogen (secondary N) is 7. The lowest BCUT2D eigenvalue weighted by atomic mass is 10.00. The molecule has 0 aromatic heterocycles. The number of rotatable bonds is 28. The van der Waals surface area contributed by atoms with Crippen LogP contribution in [0.5, 0.6) is 0 Å². The Hall–Kier alpha value is -7.52. The van der Waals surface area contributed by atoms with Gasteiger partial charge in [0.2, 0.25) is 17.7 Å². The zero-order valence-electron chi connectivity index (χ0n) is 45.1. The predicted octanol–water partition coefficient (Wildman–Crippen LogP) is 0.907. The van der Waals surface area contributed by atoms with Crippen LogP contribution in [-0.4, -0.2) is 165 Å². The van der Waals surface area contributed by atoms with Gasteiger partial charge < -0.3 is 75.5 Å². The van der Waals surface area contributed by atoms with Gasteiger partial charge >= 0.3 is 18.2 Å². The third-order valence-corrected chi connectivity index (χ3v) is 11.0. The summed E-state index contributed by atoms with van der Waals surface area (Å²) in [7, 11) is 2.66. The molecule has 0 radical (unpaired) electrons. The van der Waals surface area contributed by atoms with Gasteiger partial charge in [-0.25, -0.2) is 19.4 Å². The Morgan fingerprint density at radius 2 is 1.29 bits per heavy atom. The highest BCUT2D eigenvalue weighted by molar-refractivity contribution is 6.02. The lowest BCUT2D eigenvalue weighted by Gasteiger charge is -2.35. The highest BCUT2D eigenvalue weighted by Gasteiger charge is 2.45. The summed E-state index contributed by atoms with van der Waals surface area (Å²) in [6, 6.07) is 8.59. The van der Waals surface area contributed by atoms with E-state index in [4.69, 9.17) is 33.2 Å². The van der Waals surface area contributed by atoms with Gasteiger partial charge in [-0.05, 0) is 84.9 Å². The molecule has 0 aliphatic carbocycles. The number of allylic oxidation sites excluding steroid dienone is 1. The number of carbonyl (C=O) groups excluding carboxylic acids is 9. The standard InChI is InChI=1S/C51H73N9O17/c1-31(2)39(44(65)56-37(24-61)46(67)75-25-35-18-13-11-14-19-35)57-41(62)33(4)53-43(64)38-22-17-23-52-60(38)45(66)40(32(3)55-48(69)76-26-36-20-15-12-16-21-36)58-42(63)34(5)54-47(68)51(27-73-29-71-9,28-74-30-72-10)59-49(70)77-50(6,7)8/h11-16,18-21,23,32-34,37-38,40,61H,17,22,24-30H2,1-10H3,(H,53,64)(H,54,68)(H,55,69)(H,56,65)(H,57,62)(H,58,63)(H,59,70)/t32-,33-,34-,37-,38-,40-/m0/s1. The summed E-state index contributed by atoms with van der Waals surface area (Å²) in [6.45, 7) is 8.88. The maximum atomic E-state index is 14.7. The molecular weight excluding hydrogens is 1010 g/mol. The third kappa shape index (κ3) is 21.2. The van der Waals surface area contributed by atoms with Crippen molar-refractivity contribution in [2.24, 2.45) is 5.10 Å². The van der Waals surface area contributed by atoms with Crippen LogP contribution in [0, 0.1) is 0 Å². The number of hydrazone groups is 1. The fourth-order valence-corrected chi connectivity index (χ4v) is 6.94. The molecule has 3 rings (SSSR count). The quantitative estimate of drug-likeness (QED) is 0.0193. The summed E-state index contributed by atoms with van der Waals surface area (Å²) in [4.78, 5) is 123. The number of ether oxygens (including phenoxy) is 7. The Balaban J connectivity index is 1.86. The topological polar surface area (TPSA) is 338 Å². The Labute approximate surface area is 447 Å². The second-order valence-electron chi connectivity index (χ2n) is 18.9. The number of amides is 8. The molecule has 1 heterocycles. The van der Waals surface area contributed by atoms with E-state index in [-0.39, 0.29) is 45.3 Å². The maximum Gasteiger partial charge on any atom is 0.408 e. The molecule has 8 N–H and O–H groups in total. The Morgan fingerprint density at radius 1 is 0.727 bits per heavy atom. The summed E-state index contributed by atoms with van der Waals surface area (Å²) < 4.78 is 37.0. The first-order chi connectivity index (χ1) is 36.4. The molecule has 2 aromatic rings. The van der Waals surface area contributed by atoms with Crippen molar-refractivity contribution >= 4 is 59.8 Å². The van der Waals surface area contributed by atoms with Crippen LogP contribution in [0.25, 0.3) is 0 Å². The monoisotopic (exact) mass is 1080 g/mol. The SMILES string of the molecule is COCOCC(COCOC)(NC(=O)OC(C)(C)C)C(=O)N[C@@H](C)C(=O)N[C@H](C(=O)N1N=CCC[C@H]1C(=O)N[C@@H](C)C(=O)NC(C(=O)N[C@@H](CO)C(=O)OCc1ccccc1)=C(C)C)[C@H](C)NC(=O)OCc1ccccc1. The Kier molecular flexibility index (Phi) is 26.1. The van der Waals surface area contributed by atoms with Gasteiger partial charge in [0.25, 0.3) is 17.7 Å². The van der Waals surface area contributed by atoms with Crippen LogP contribution in [0.15, 0.2) is 77.0 Å². The summed E-state index contributed by atoms with van der Waals surface area (Å²) in [5.41, 5.74) is -1.76. The predicted molar refractivity (Wildman–Crippen MR) is 274 cm³/mol. The minimum Gasteiger partial charge on any atom is -0.459 e. The van der Waals surface area contributed by atoms with E-state index in [1.807, 2.05) is 0 Å². The second-order valence-corrected chi connectivity index (χ2v) is 18.9. The summed E-state index contributed by atoms with van der Waals surface area (Å²) >= 11 is 0. The van der Waals surface area contributed by atoms with Crippen LogP contribution in [0.3, 0.4) is 0 Å². The molecule has 26 nitrogen and oxygen atoms in total. The number of hydrogen-bond donors (Lipinski definition) is 8. The van der Waals surface area contributed by atoms with Crippen molar-refractivity contribution in [2.45, 2.75) is 129 Å². The largest absolute Gasteiger partial charge is 0.459 e.